The van der Waals surface area contributed by atoms with E-state index in [1.165, 1.54) is 12.3 Å². The summed E-state index contributed by atoms with van der Waals surface area (Å²) in [6.07, 6.45) is 4.87. The van der Waals surface area contributed by atoms with Crippen LogP contribution in [0.25, 0.3) is 11.6 Å². The Morgan fingerprint density at radius 1 is 1.44 bits per heavy atom. The maximum atomic E-state index is 11.2. The normalized spacial score (nSPS) is 15.9. The number of furan rings is 1. The molecule has 0 saturated heterocycles. The highest BCUT2D eigenvalue weighted by molar-refractivity contribution is 6.18. The number of aromatic nitrogens is 2. The molecule has 0 amide bonds. The monoisotopic (exact) mass is 246 g/mol. The van der Waals surface area contributed by atoms with Crippen molar-refractivity contribution in [3.05, 3.63) is 35.9 Å². The average molecular weight is 246 g/mol. The van der Waals surface area contributed by atoms with E-state index in [1.54, 1.807) is 12.1 Å². The molecule has 0 aliphatic heterocycles. The minimum Gasteiger partial charge on any atom is -0.477 e. The third kappa shape index (κ3) is 2.04. The lowest BCUT2D eigenvalue weighted by atomic mass is 10.2. The van der Waals surface area contributed by atoms with Crippen LogP contribution in [0.1, 0.15) is 36.3 Å². The molecule has 92 valence electrons. The summed E-state index contributed by atoms with van der Waals surface area (Å²) in [5.74, 6) is 0.123. The van der Waals surface area contributed by atoms with Crippen molar-refractivity contribution in [2.45, 2.75) is 18.8 Å². The first kappa shape index (κ1) is 10.8. The second kappa shape index (κ2) is 4.14. The van der Waals surface area contributed by atoms with E-state index in [-0.39, 0.29) is 11.5 Å². The molecule has 6 nitrogen and oxygen atoms in total. The van der Waals surface area contributed by atoms with Crippen LogP contribution in [0.4, 0.5) is 0 Å². The summed E-state index contributed by atoms with van der Waals surface area (Å²) in [5, 5.41) is 16.8. The van der Waals surface area contributed by atoms with Gasteiger partial charge in [0.05, 0.1) is 6.26 Å². The summed E-state index contributed by atoms with van der Waals surface area (Å²) >= 11 is 0. The molecule has 6 heteroatoms. The fraction of sp³-hybridized carbons (Fsp3) is 0.250. The van der Waals surface area contributed by atoms with E-state index < -0.39 is 5.97 Å². The molecular formula is C12H10N2O4. The molecule has 1 aliphatic carbocycles. The molecule has 0 unspecified atom stereocenters. The molecule has 0 aromatic carbocycles. The van der Waals surface area contributed by atoms with Crippen molar-refractivity contribution in [2.24, 2.45) is 0 Å². The van der Waals surface area contributed by atoms with Gasteiger partial charge in [-0.25, -0.2) is 4.79 Å². The van der Waals surface area contributed by atoms with Gasteiger partial charge in [-0.05, 0) is 25.0 Å². The summed E-state index contributed by atoms with van der Waals surface area (Å²) in [7, 11) is 0. The standard InChI is InChI=1S/C12H10N2O4/c15-12(16)9(6-8-2-1-5-17-8)11-14-13-10(18-11)7-3-4-7/h1-2,5-7H,3-4H2,(H,15,16)/b9-6-. The molecule has 0 spiro atoms. The Hall–Kier alpha value is -2.37. The van der Waals surface area contributed by atoms with Crippen molar-refractivity contribution in [2.75, 3.05) is 0 Å². The Morgan fingerprint density at radius 3 is 2.89 bits per heavy atom. The molecule has 1 fully saturated rings. The van der Waals surface area contributed by atoms with Gasteiger partial charge in [0.15, 0.2) is 0 Å². The zero-order valence-corrected chi connectivity index (χ0v) is 9.37. The number of aliphatic carboxylic acids is 1. The minimum atomic E-state index is -1.13. The van der Waals surface area contributed by atoms with Gasteiger partial charge in [-0.15, -0.1) is 10.2 Å². The van der Waals surface area contributed by atoms with Gasteiger partial charge in [0.25, 0.3) is 5.89 Å². The second-order valence-corrected chi connectivity index (χ2v) is 4.10. The van der Waals surface area contributed by atoms with Crippen molar-refractivity contribution < 1.29 is 18.7 Å². The molecule has 1 saturated carbocycles. The Morgan fingerprint density at radius 2 is 2.28 bits per heavy atom. The SMILES string of the molecule is O=C(O)/C(=C\c1ccco1)c1nnc(C2CC2)o1. The smallest absolute Gasteiger partial charge is 0.341 e. The number of carboxylic acids is 1. The summed E-state index contributed by atoms with van der Waals surface area (Å²) in [4.78, 5) is 11.2. The largest absolute Gasteiger partial charge is 0.477 e. The van der Waals surface area contributed by atoms with Crippen LogP contribution < -0.4 is 0 Å². The van der Waals surface area contributed by atoms with Crippen LogP contribution in [0.15, 0.2) is 27.2 Å². The quantitative estimate of drug-likeness (QED) is 0.831. The van der Waals surface area contributed by atoms with Crippen LogP contribution in [0, 0.1) is 0 Å². The van der Waals surface area contributed by atoms with E-state index in [9.17, 15) is 4.79 Å². The molecule has 0 atom stereocenters. The predicted molar refractivity (Wildman–Crippen MR) is 60.5 cm³/mol. The number of hydrogen-bond acceptors (Lipinski definition) is 5. The molecule has 2 aromatic heterocycles. The maximum absolute atomic E-state index is 11.2. The van der Waals surface area contributed by atoms with Crippen LogP contribution >= 0.6 is 0 Å². The Kier molecular flexibility index (Phi) is 2.47. The zero-order valence-electron chi connectivity index (χ0n) is 9.37. The predicted octanol–water partition coefficient (Wildman–Crippen LogP) is 2.17. The van der Waals surface area contributed by atoms with Gasteiger partial charge in [0.2, 0.25) is 5.89 Å². The molecular weight excluding hydrogens is 236 g/mol. The Bertz CT molecular complexity index is 593. The molecule has 2 heterocycles. The number of carboxylic acid groups (broad SMARTS) is 1. The van der Waals surface area contributed by atoms with E-state index in [2.05, 4.69) is 10.2 Å². The summed E-state index contributed by atoms with van der Waals surface area (Å²) in [6.45, 7) is 0. The van der Waals surface area contributed by atoms with Crippen LogP contribution in [0.5, 0.6) is 0 Å². The number of rotatable bonds is 4. The van der Waals surface area contributed by atoms with Crippen LogP contribution in [0.3, 0.4) is 0 Å². The number of hydrogen-bond donors (Lipinski definition) is 1. The van der Waals surface area contributed by atoms with Crippen molar-refractivity contribution >= 4 is 17.6 Å². The number of nitrogens with zero attached hydrogens (tertiary/aromatic N) is 2. The third-order valence-corrected chi connectivity index (χ3v) is 2.66. The van der Waals surface area contributed by atoms with Crippen LogP contribution in [-0.2, 0) is 4.79 Å². The topological polar surface area (TPSA) is 89.4 Å². The van der Waals surface area contributed by atoms with Gasteiger partial charge in [-0.1, -0.05) is 0 Å². The van der Waals surface area contributed by atoms with Gasteiger partial charge in [0.1, 0.15) is 11.3 Å². The number of carbonyl (C=O) groups is 1. The second-order valence-electron chi connectivity index (χ2n) is 4.10. The highest BCUT2D eigenvalue weighted by Gasteiger charge is 2.30. The Labute approximate surface area is 102 Å². The lowest BCUT2D eigenvalue weighted by Gasteiger charge is -1.94. The molecule has 2 aromatic rings. The maximum Gasteiger partial charge on any atom is 0.341 e. The van der Waals surface area contributed by atoms with Crippen molar-refractivity contribution in [1.82, 2.24) is 10.2 Å². The van der Waals surface area contributed by atoms with E-state index in [0.717, 1.165) is 12.8 Å². The van der Waals surface area contributed by atoms with E-state index in [4.69, 9.17) is 13.9 Å². The first-order chi connectivity index (χ1) is 8.74. The fourth-order valence-corrected chi connectivity index (χ4v) is 1.57. The first-order valence-corrected chi connectivity index (χ1v) is 5.56. The van der Waals surface area contributed by atoms with Crippen LogP contribution in [0.2, 0.25) is 0 Å². The van der Waals surface area contributed by atoms with Gasteiger partial charge in [-0.2, -0.15) is 0 Å². The van der Waals surface area contributed by atoms with Gasteiger partial charge >= 0.3 is 5.97 Å². The fourth-order valence-electron chi connectivity index (χ4n) is 1.57. The lowest BCUT2D eigenvalue weighted by Crippen LogP contribution is -1.99. The molecule has 18 heavy (non-hydrogen) atoms. The minimum absolute atomic E-state index is 0.0146. The van der Waals surface area contributed by atoms with E-state index in [0.29, 0.717) is 17.6 Å². The van der Waals surface area contributed by atoms with Gasteiger partial charge in [-0.3, -0.25) is 0 Å². The van der Waals surface area contributed by atoms with Crippen molar-refractivity contribution in [3.63, 3.8) is 0 Å². The highest BCUT2D eigenvalue weighted by atomic mass is 16.4. The summed E-state index contributed by atoms with van der Waals surface area (Å²) in [5.41, 5.74) is -0.0654. The Balaban J connectivity index is 1.95. The first-order valence-electron chi connectivity index (χ1n) is 5.56. The van der Waals surface area contributed by atoms with Gasteiger partial charge in [0, 0.05) is 12.0 Å². The molecule has 0 radical (unpaired) electrons. The zero-order chi connectivity index (χ0) is 12.5. The summed E-state index contributed by atoms with van der Waals surface area (Å²) < 4.78 is 10.4. The van der Waals surface area contributed by atoms with E-state index >= 15 is 0 Å². The molecule has 1 aliphatic rings. The lowest BCUT2D eigenvalue weighted by molar-refractivity contribution is -0.130. The molecule has 3 rings (SSSR count). The molecule has 1 N–H and O–H groups in total. The average Bonchev–Trinajstić information content (AvgIpc) is 2.89. The van der Waals surface area contributed by atoms with Crippen molar-refractivity contribution in [3.8, 4) is 0 Å². The third-order valence-electron chi connectivity index (χ3n) is 2.66. The van der Waals surface area contributed by atoms with Gasteiger partial charge < -0.3 is 13.9 Å². The van der Waals surface area contributed by atoms with Crippen LogP contribution in [-0.4, -0.2) is 21.3 Å². The highest BCUT2D eigenvalue weighted by Crippen LogP contribution is 2.39. The van der Waals surface area contributed by atoms with E-state index in [1.807, 2.05) is 0 Å². The van der Waals surface area contributed by atoms with Crippen molar-refractivity contribution in [1.29, 1.82) is 0 Å². The summed E-state index contributed by atoms with van der Waals surface area (Å²) in [6, 6.07) is 3.33. The molecule has 0 bridgehead atoms.